The van der Waals surface area contributed by atoms with Crippen molar-refractivity contribution in [3.8, 4) is 0 Å². The number of hydrogen-bond acceptors (Lipinski definition) is 7. The molecule has 1 amide bonds. The molecule has 0 unspecified atom stereocenters. The number of anilines is 1. The zero-order chi connectivity index (χ0) is 24.8. The van der Waals surface area contributed by atoms with E-state index in [4.69, 9.17) is 4.98 Å². The molecule has 1 aliphatic heterocycles. The first-order valence-electron chi connectivity index (χ1n) is 12.1. The fraction of sp³-hybridized carbons (Fsp3) is 0.308. The summed E-state index contributed by atoms with van der Waals surface area (Å²) in [5.41, 5.74) is 1.41. The Kier molecular flexibility index (Phi) is 5.69. The highest BCUT2D eigenvalue weighted by Crippen LogP contribution is 2.31. The number of benzene rings is 1. The summed E-state index contributed by atoms with van der Waals surface area (Å²) < 4.78 is 4.94. The molecule has 0 bridgehead atoms. The molecule has 6 rings (SSSR count). The summed E-state index contributed by atoms with van der Waals surface area (Å²) in [6.45, 7) is 6.59. The average molecular weight is 502 g/mol. The summed E-state index contributed by atoms with van der Waals surface area (Å²) in [4.78, 5) is 41.4. The number of aromatic nitrogens is 4. The van der Waals surface area contributed by atoms with Gasteiger partial charge in [0.05, 0.1) is 15.6 Å². The van der Waals surface area contributed by atoms with Gasteiger partial charge in [0.1, 0.15) is 22.0 Å². The monoisotopic (exact) mass is 501 g/mol. The Hall–Kier alpha value is -3.76. The Morgan fingerprint density at radius 1 is 1.11 bits per heavy atom. The van der Waals surface area contributed by atoms with Crippen LogP contribution < -0.4 is 15.6 Å². The molecule has 0 radical (unpaired) electrons. The standard InChI is InChI=1S/C26H27N7O2S/c1-17-27-9-11-31(17)12-10-28-25(35)22-23(34)18-7-8-21(32-15-13-30(2)14-16-32)29-24(18)33-19-5-3-4-6-20(19)36-26(22)33/h3-9,11H,10,12-16H2,1-2H3,(H,28,35). The van der Waals surface area contributed by atoms with Gasteiger partial charge in [-0.3, -0.25) is 14.0 Å². The molecule has 184 valence electrons. The molecule has 9 nitrogen and oxygen atoms in total. The summed E-state index contributed by atoms with van der Waals surface area (Å²) in [7, 11) is 2.12. The maximum atomic E-state index is 13.7. The molecule has 36 heavy (non-hydrogen) atoms. The summed E-state index contributed by atoms with van der Waals surface area (Å²) in [5, 5.41) is 3.39. The largest absolute Gasteiger partial charge is 0.354 e. The molecule has 1 aromatic carbocycles. The minimum atomic E-state index is -0.369. The maximum absolute atomic E-state index is 13.7. The Labute approximate surface area is 211 Å². The number of thiazole rings is 1. The van der Waals surface area contributed by atoms with Crippen LogP contribution in [0.3, 0.4) is 0 Å². The molecule has 0 atom stereocenters. The summed E-state index contributed by atoms with van der Waals surface area (Å²) in [6, 6.07) is 11.7. The number of imidazole rings is 1. The lowest BCUT2D eigenvalue weighted by Gasteiger charge is -2.33. The Morgan fingerprint density at radius 3 is 2.69 bits per heavy atom. The molecule has 0 saturated carbocycles. The zero-order valence-electron chi connectivity index (χ0n) is 20.3. The fourth-order valence-electron chi connectivity index (χ4n) is 4.81. The van der Waals surface area contributed by atoms with Crippen LogP contribution in [0.15, 0.2) is 53.6 Å². The second kappa shape index (κ2) is 9.03. The predicted molar refractivity (Wildman–Crippen MR) is 143 cm³/mol. The Morgan fingerprint density at radius 2 is 1.92 bits per heavy atom. The lowest BCUT2D eigenvalue weighted by molar-refractivity contribution is 0.0953. The molecule has 0 spiro atoms. The Balaban J connectivity index is 1.46. The lowest BCUT2D eigenvalue weighted by atomic mass is 10.1. The summed E-state index contributed by atoms with van der Waals surface area (Å²) >= 11 is 1.45. The van der Waals surface area contributed by atoms with Crippen LogP contribution in [0.2, 0.25) is 0 Å². The van der Waals surface area contributed by atoms with Crippen molar-refractivity contribution in [1.82, 2.24) is 29.2 Å². The van der Waals surface area contributed by atoms with Crippen molar-refractivity contribution in [2.75, 3.05) is 44.7 Å². The first kappa shape index (κ1) is 22.7. The molecule has 1 saturated heterocycles. The van der Waals surface area contributed by atoms with Gasteiger partial charge >= 0.3 is 0 Å². The van der Waals surface area contributed by atoms with Crippen molar-refractivity contribution in [3.05, 3.63) is 70.4 Å². The van der Waals surface area contributed by atoms with Gasteiger partial charge in [-0.15, -0.1) is 11.3 Å². The molecular formula is C26H27N7O2S. The van der Waals surface area contributed by atoms with E-state index in [-0.39, 0.29) is 16.9 Å². The molecule has 1 fully saturated rings. The molecule has 1 aliphatic rings. The van der Waals surface area contributed by atoms with Gasteiger partial charge in [0.2, 0.25) is 5.43 Å². The summed E-state index contributed by atoms with van der Waals surface area (Å²) in [6.07, 6.45) is 3.61. The number of para-hydroxylation sites is 1. The number of likely N-dealkylation sites (N-methyl/N-ethyl adjacent to an activating group) is 1. The van der Waals surface area contributed by atoms with Gasteiger partial charge in [-0.2, -0.15) is 0 Å². The number of carbonyl (C=O) groups excluding carboxylic acids is 1. The number of nitrogens with zero attached hydrogens (tertiary/aromatic N) is 6. The molecule has 10 heteroatoms. The van der Waals surface area contributed by atoms with E-state index in [1.807, 2.05) is 58.5 Å². The van der Waals surface area contributed by atoms with Crippen LogP contribution in [-0.2, 0) is 6.54 Å². The number of pyridine rings is 2. The van der Waals surface area contributed by atoms with Crippen LogP contribution in [0.5, 0.6) is 0 Å². The first-order valence-corrected chi connectivity index (χ1v) is 12.9. The smallest absolute Gasteiger partial charge is 0.258 e. The van der Waals surface area contributed by atoms with Crippen molar-refractivity contribution < 1.29 is 4.79 Å². The van der Waals surface area contributed by atoms with Gasteiger partial charge in [0.25, 0.3) is 5.91 Å². The quantitative estimate of drug-likeness (QED) is 0.399. The number of aryl methyl sites for hydroxylation is 1. The highest BCUT2D eigenvalue weighted by molar-refractivity contribution is 7.24. The van der Waals surface area contributed by atoms with E-state index in [1.165, 1.54) is 11.3 Å². The van der Waals surface area contributed by atoms with Gasteiger partial charge in [0, 0.05) is 51.7 Å². The van der Waals surface area contributed by atoms with Crippen molar-refractivity contribution in [2.24, 2.45) is 0 Å². The topological polar surface area (TPSA) is 87.8 Å². The van der Waals surface area contributed by atoms with Crippen molar-refractivity contribution >= 4 is 49.1 Å². The highest BCUT2D eigenvalue weighted by Gasteiger charge is 2.24. The van der Waals surface area contributed by atoms with Gasteiger partial charge in [-0.25, -0.2) is 9.97 Å². The minimum Gasteiger partial charge on any atom is -0.354 e. The number of rotatable bonds is 5. The number of amides is 1. The highest BCUT2D eigenvalue weighted by atomic mass is 32.1. The molecule has 4 aromatic heterocycles. The third-order valence-electron chi connectivity index (χ3n) is 6.89. The number of hydrogen-bond donors (Lipinski definition) is 1. The first-order chi connectivity index (χ1) is 17.5. The average Bonchev–Trinajstić information content (AvgIpc) is 3.47. The zero-order valence-corrected chi connectivity index (χ0v) is 21.1. The maximum Gasteiger partial charge on any atom is 0.258 e. The van der Waals surface area contributed by atoms with Crippen LogP contribution in [0.4, 0.5) is 5.82 Å². The van der Waals surface area contributed by atoms with E-state index in [9.17, 15) is 9.59 Å². The van der Waals surface area contributed by atoms with E-state index in [0.29, 0.717) is 29.0 Å². The lowest BCUT2D eigenvalue weighted by Crippen LogP contribution is -2.44. The van der Waals surface area contributed by atoms with E-state index in [2.05, 4.69) is 27.1 Å². The van der Waals surface area contributed by atoms with Crippen molar-refractivity contribution in [3.63, 3.8) is 0 Å². The fourth-order valence-corrected chi connectivity index (χ4v) is 5.99. The van der Waals surface area contributed by atoms with Crippen LogP contribution in [0.25, 0.3) is 26.1 Å². The van der Waals surface area contributed by atoms with Crippen molar-refractivity contribution in [2.45, 2.75) is 13.5 Å². The van der Waals surface area contributed by atoms with E-state index < -0.39 is 0 Å². The third-order valence-corrected chi connectivity index (χ3v) is 8.04. The number of fused-ring (bicyclic) bond motifs is 5. The van der Waals surface area contributed by atoms with Crippen molar-refractivity contribution in [1.29, 1.82) is 0 Å². The summed E-state index contributed by atoms with van der Waals surface area (Å²) in [5.74, 6) is 1.36. The number of piperazine rings is 1. The number of nitrogens with one attached hydrogen (secondary N) is 1. The second-order valence-electron chi connectivity index (χ2n) is 9.17. The van der Waals surface area contributed by atoms with E-state index in [0.717, 1.165) is 48.0 Å². The van der Waals surface area contributed by atoms with E-state index >= 15 is 0 Å². The molecule has 0 aliphatic carbocycles. The molecule has 5 heterocycles. The second-order valence-corrected chi connectivity index (χ2v) is 10.2. The number of carbonyl (C=O) groups is 1. The van der Waals surface area contributed by atoms with E-state index in [1.54, 1.807) is 6.20 Å². The van der Waals surface area contributed by atoms with Gasteiger partial charge in [-0.1, -0.05) is 12.1 Å². The normalized spacial score (nSPS) is 14.8. The van der Waals surface area contributed by atoms with Gasteiger partial charge in [0.15, 0.2) is 5.65 Å². The van der Waals surface area contributed by atoms with Gasteiger partial charge in [-0.05, 0) is 38.2 Å². The van der Waals surface area contributed by atoms with Gasteiger partial charge < -0.3 is 19.7 Å². The molecular weight excluding hydrogens is 474 g/mol. The third kappa shape index (κ3) is 3.82. The predicted octanol–water partition coefficient (Wildman–Crippen LogP) is 2.75. The SMILES string of the molecule is Cc1nccn1CCNC(=O)c1c(=O)c2ccc(N3CCN(C)CC3)nc2n2c1sc1ccccc12. The van der Waals surface area contributed by atoms with Crippen LogP contribution in [-0.4, -0.2) is 69.5 Å². The van der Waals surface area contributed by atoms with Crippen LogP contribution >= 0.6 is 11.3 Å². The molecule has 5 aromatic rings. The van der Waals surface area contributed by atoms with Crippen LogP contribution in [0, 0.1) is 6.92 Å². The van der Waals surface area contributed by atoms with Crippen LogP contribution in [0.1, 0.15) is 16.2 Å². The Bertz CT molecular complexity index is 1660. The molecule has 1 N–H and O–H groups in total. The minimum absolute atomic E-state index is 0.167.